The minimum absolute atomic E-state index is 0. The number of fused-ring (bicyclic) bond motifs is 7. The van der Waals surface area contributed by atoms with Crippen molar-refractivity contribution in [3.05, 3.63) is 96.5 Å². The molecule has 8 bridgehead atoms. The molecule has 3 aromatic heterocycles. The molecule has 2 aliphatic heterocycles. The van der Waals surface area contributed by atoms with Crippen molar-refractivity contribution in [2.75, 3.05) is 20.3 Å². The summed E-state index contributed by atoms with van der Waals surface area (Å²) in [6.07, 6.45) is 24.5. The second kappa shape index (κ2) is 23.1. The van der Waals surface area contributed by atoms with E-state index in [1.165, 1.54) is 64.0 Å². The van der Waals surface area contributed by atoms with Crippen molar-refractivity contribution in [2.45, 2.75) is 146 Å². The summed E-state index contributed by atoms with van der Waals surface area (Å²) in [4.78, 5) is 43.4. The number of hydrogen-bond acceptors (Lipinski definition) is 5. The standard InChI is InChI=1S/C55H76N4O4.Mg/c1-13-40-36(8)43-29-45-38(10)42(25-18-27-63-28-26-35(7)24-17-23-34(6)22-16-21-33(5)20-15-19-32(3)4)52(58-45)50-51(55(61)62-12)54(60)49-39(11)46(59-53(49)50)31-48-41(14-2)37(9)44(57-48)30-47(40)56-43;/h13,26,29-34,38,42,51H,1,14-25,27-28H2,2-12H3,(H2,58,59,60);/q-2;+2/p-1/b35-26+,44-30-,45-29-,48-31-;/t33-,34-,38+,42+,51-;/m1./s1. The molecule has 9 heteroatoms. The fourth-order valence-corrected chi connectivity index (χ4v) is 10.3. The Morgan fingerprint density at radius 1 is 0.859 bits per heavy atom. The SMILES string of the molecule is C=Cc1c2[n-]c(c1C)/C=C1\N/C(=C3\c4[n-]c(c(C)c4C(=O)[C@@H]3C(=O)OC)/C=c3\[n-]/c(c(C)c3CC)=C\2)[C@@H](CCCOC/C=C(\C)CCC[C@H](C)CCC[C@H](C)CCCC(C)C)[C@@H]1C.[Mg+2]. The summed E-state index contributed by atoms with van der Waals surface area (Å²) in [5, 5.41) is 5.44. The van der Waals surface area contributed by atoms with Crippen molar-refractivity contribution in [3.8, 4) is 0 Å². The molecule has 3 aliphatic rings. The maximum Gasteiger partial charge on any atom is 2.00 e. The third kappa shape index (κ3) is 11.4. The van der Waals surface area contributed by atoms with Gasteiger partial charge in [-0.3, -0.25) is 9.59 Å². The first-order valence-electron chi connectivity index (χ1n) is 24.1. The molecule has 1 fully saturated rings. The number of carbonyl (C=O) groups excluding carboxylic acids is 2. The van der Waals surface area contributed by atoms with Gasteiger partial charge in [-0.2, -0.15) is 0 Å². The predicted octanol–water partition coefficient (Wildman–Crippen LogP) is 10.1. The van der Waals surface area contributed by atoms with Crippen LogP contribution in [0, 0.1) is 56.3 Å². The largest absolute Gasteiger partial charge is 2.00 e. The molecule has 0 aromatic carbocycles. The minimum Gasteiger partial charge on any atom is -0.657 e. The predicted molar refractivity (Wildman–Crippen MR) is 264 cm³/mol. The van der Waals surface area contributed by atoms with E-state index in [1.807, 2.05) is 19.1 Å². The average molecular weight is 881 g/mol. The van der Waals surface area contributed by atoms with E-state index in [9.17, 15) is 9.59 Å². The Labute approximate surface area is 400 Å². The number of esters is 1. The van der Waals surface area contributed by atoms with Crippen molar-refractivity contribution >= 4 is 64.7 Å². The molecule has 0 saturated carbocycles. The maximum atomic E-state index is 14.4. The van der Waals surface area contributed by atoms with Gasteiger partial charge in [0.2, 0.25) is 0 Å². The number of nitrogens with one attached hydrogen (secondary N) is 1. The molecule has 1 saturated heterocycles. The van der Waals surface area contributed by atoms with Crippen LogP contribution in [0.1, 0.15) is 180 Å². The van der Waals surface area contributed by atoms with Crippen LogP contribution in [0.4, 0.5) is 0 Å². The summed E-state index contributed by atoms with van der Waals surface area (Å²) >= 11 is 0. The van der Waals surface area contributed by atoms with Gasteiger partial charge >= 0.3 is 29.0 Å². The van der Waals surface area contributed by atoms with E-state index >= 15 is 0 Å². The zero-order valence-electron chi connectivity index (χ0n) is 41.1. The van der Waals surface area contributed by atoms with Gasteiger partial charge in [0.05, 0.1) is 13.7 Å². The molecule has 342 valence electrons. The fourth-order valence-electron chi connectivity index (χ4n) is 10.3. The Morgan fingerprint density at radius 3 is 2.17 bits per heavy atom. The fraction of sp³-hybridized carbons (Fsp3) is 0.564. The van der Waals surface area contributed by atoms with Gasteiger partial charge in [-0.05, 0) is 88.7 Å². The van der Waals surface area contributed by atoms with Crippen molar-refractivity contribution in [3.63, 3.8) is 0 Å². The number of rotatable bonds is 21. The smallest absolute Gasteiger partial charge is 0.657 e. The molecule has 6 rings (SSSR count). The number of carbonyl (C=O) groups is 2. The van der Waals surface area contributed by atoms with Gasteiger partial charge in [0.15, 0.2) is 5.78 Å². The quantitative estimate of drug-likeness (QED) is 0.0371. The topological polar surface area (TPSA) is 107 Å². The summed E-state index contributed by atoms with van der Waals surface area (Å²) in [5.74, 6) is 0.516. The van der Waals surface area contributed by atoms with Gasteiger partial charge in [-0.1, -0.05) is 151 Å². The third-order valence-electron chi connectivity index (χ3n) is 14.3. The zero-order chi connectivity index (χ0) is 45.5. The summed E-state index contributed by atoms with van der Waals surface area (Å²) in [7, 11) is 1.35. The van der Waals surface area contributed by atoms with Crippen molar-refractivity contribution in [2.24, 2.45) is 35.5 Å². The number of Topliss-reactive ketones (excluding diaryl/α,β-unsaturated/α-hetero) is 1. The summed E-state index contributed by atoms with van der Waals surface area (Å²) in [6.45, 7) is 27.5. The van der Waals surface area contributed by atoms with Crippen LogP contribution in [0.3, 0.4) is 0 Å². The van der Waals surface area contributed by atoms with E-state index in [0.29, 0.717) is 35.7 Å². The summed E-state index contributed by atoms with van der Waals surface area (Å²) < 4.78 is 11.5. The van der Waals surface area contributed by atoms with E-state index in [2.05, 4.69) is 92.4 Å². The Balaban J connectivity index is 0.00000771. The molecule has 5 atom stereocenters. The Bertz CT molecular complexity index is 2370. The van der Waals surface area contributed by atoms with E-state index < -0.39 is 11.9 Å². The molecule has 0 amide bonds. The van der Waals surface area contributed by atoms with Crippen LogP contribution in [0.15, 0.2) is 29.6 Å². The van der Waals surface area contributed by atoms with Crippen LogP contribution in [-0.2, 0) is 20.7 Å². The van der Waals surface area contributed by atoms with Gasteiger partial charge in [-0.25, -0.2) is 0 Å². The molecule has 1 N–H and O–H groups in total. The summed E-state index contributed by atoms with van der Waals surface area (Å²) in [5.41, 5.74) is 12.3. The van der Waals surface area contributed by atoms with Gasteiger partial charge in [-0.15, -0.1) is 33.5 Å². The van der Waals surface area contributed by atoms with Crippen LogP contribution in [0.25, 0.3) is 29.9 Å². The van der Waals surface area contributed by atoms with E-state index in [4.69, 9.17) is 24.4 Å². The van der Waals surface area contributed by atoms with Gasteiger partial charge in [0.1, 0.15) is 5.92 Å². The molecule has 0 unspecified atom stereocenters. The molecule has 8 nitrogen and oxygen atoms in total. The van der Waals surface area contributed by atoms with E-state index in [1.54, 1.807) is 0 Å². The average Bonchev–Trinajstić information content (AvgIpc) is 3.99. The number of aromatic nitrogens is 3. The monoisotopic (exact) mass is 880 g/mol. The Hall–Kier alpha value is -3.79. The van der Waals surface area contributed by atoms with Crippen molar-refractivity contribution in [1.82, 2.24) is 20.3 Å². The third-order valence-corrected chi connectivity index (χ3v) is 14.3. The number of ketones is 1. The van der Waals surface area contributed by atoms with Crippen molar-refractivity contribution in [1.29, 1.82) is 0 Å². The minimum atomic E-state index is -1.10. The van der Waals surface area contributed by atoms with E-state index in [-0.39, 0.29) is 40.7 Å². The maximum absolute atomic E-state index is 14.4. The second-order valence-electron chi connectivity index (χ2n) is 19.5. The molecule has 0 spiro atoms. The summed E-state index contributed by atoms with van der Waals surface area (Å²) in [6, 6.07) is 0. The number of allylic oxidation sites excluding steroid dienone is 3. The number of ether oxygens (including phenoxy) is 2. The number of methoxy groups -OCH3 is 1. The molecule has 5 heterocycles. The van der Waals surface area contributed by atoms with Gasteiger partial charge < -0.3 is 29.7 Å². The van der Waals surface area contributed by atoms with E-state index in [0.717, 1.165) is 105 Å². The number of nitrogens with zero attached hydrogens (tertiary/aromatic N) is 3. The molecular weight excluding hydrogens is 805 g/mol. The molecule has 3 aromatic rings. The van der Waals surface area contributed by atoms with Crippen molar-refractivity contribution < 1.29 is 19.1 Å². The normalized spacial score (nSPS) is 21.9. The van der Waals surface area contributed by atoms with Crippen LogP contribution in [-0.4, -0.2) is 55.1 Å². The number of hydrogen-bond donors (Lipinski definition) is 1. The van der Waals surface area contributed by atoms with Crippen LogP contribution < -0.4 is 31.0 Å². The molecule has 0 radical (unpaired) electrons. The Kier molecular flexibility index (Phi) is 18.5. The first-order valence-corrected chi connectivity index (χ1v) is 24.1. The first-order chi connectivity index (χ1) is 30.2. The molecular formula is C55H75MgN4O4-. The van der Waals surface area contributed by atoms with Gasteiger partial charge in [0.25, 0.3) is 0 Å². The van der Waals surface area contributed by atoms with Gasteiger partial charge in [0, 0.05) is 35.4 Å². The second-order valence-corrected chi connectivity index (χ2v) is 19.5. The van der Waals surface area contributed by atoms with Crippen LogP contribution in [0.5, 0.6) is 0 Å². The molecule has 1 aliphatic carbocycles. The Morgan fingerprint density at radius 2 is 1.52 bits per heavy atom. The first kappa shape index (κ1) is 51.2. The van der Waals surface area contributed by atoms with Crippen LogP contribution >= 0.6 is 0 Å². The molecule has 64 heavy (non-hydrogen) atoms. The zero-order valence-corrected chi connectivity index (χ0v) is 42.6. The van der Waals surface area contributed by atoms with Crippen LogP contribution in [0.2, 0.25) is 0 Å².